The van der Waals surface area contributed by atoms with Crippen LogP contribution in [-0.2, 0) is 0 Å². The highest BCUT2D eigenvalue weighted by Gasteiger charge is 2.21. The van der Waals surface area contributed by atoms with Crippen LogP contribution < -0.4 is 0 Å². The van der Waals surface area contributed by atoms with Gasteiger partial charge >= 0.3 is 0 Å². The van der Waals surface area contributed by atoms with Crippen LogP contribution in [0.3, 0.4) is 0 Å². The summed E-state index contributed by atoms with van der Waals surface area (Å²) < 4.78 is 15.7. The fraction of sp³-hybridized carbons (Fsp3) is 0. The molecule has 0 radical (unpaired) electrons. The van der Waals surface area contributed by atoms with Gasteiger partial charge in [-0.05, 0) is 94.0 Å². The number of para-hydroxylation sites is 2. The predicted octanol–water partition coefficient (Wildman–Crippen LogP) is 16.8. The lowest BCUT2D eigenvalue weighted by molar-refractivity contribution is 0.668. The topological polar surface area (TPSA) is 69.9 Å². The standard InChI is InChI=1S/C63H38N4O2/c1-4-14-39(15-5-1)41-24-26-43(27-25-41)62-64-61(42-18-8-3-9-19-42)65-63(66-62)46-36-51(60-50-21-11-13-23-56(50)69-59(60)37-46)45-29-33-57-53(35-45)49-31-30-47(38-58(49)68-57)67-54-22-12-10-20-48(54)52-34-44(28-32-55(52)67)40-16-6-2-7-17-40/h1-38H. The van der Waals surface area contributed by atoms with Gasteiger partial charge < -0.3 is 13.4 Å². The molecule has 0 bridgehead atoms. The normalized spacial score (nSPS) is 11.8. The average Bonchev–Trinajstić information content (AvgIpc) is 4.10. The molecule has 10 aromatic carbocycles. The van der Waals surface area contributed by atoms with Gasteiger partial charge in [-0.3, -0.25) is 0 Å². The average molecular weight is 883 g/mol. The van der Waals surface area contributed by atoms with Gasteiger partial charge in [-0.25, -0.2) is 15.0 Å². The molecule has 0 saturated heterocycles. The minimum Gasteiger partial charge on any atom is -0.456 e. The van der Waals surface area contributed by atoms with Crippen molar-refractivity contribution < 1.29 is 8.83 Å². The summed E-state index contributed by atoms with van der Waals surface area (Å²) in [5, 5.41) is 6.56. The Morgan fingerprint density at radius 2 is 0.797 bits per heavy atom. The van der Waals surface area contributed by atoms with Crippen molar-refractivity contribution in [3.63, 3.8) is 0 Å². The molecule has 0 N–H and O–H groups in total. The molecule has 0 atom stereocenters. The second kappa shape index (κ2) is 15.6. The lowest BCUT2D eigenvalue weighted by Crippen LogP contribution is -2.00. The van der Waals surface area contributed by atoms with Crippen LogP contribution in [0, 0.1) is 0 Å². The van der Waals surface area contributed by atoms with Crippen LogP contribution in [-0.4, -0.2) is 19.5 Å². The molecule has 14 rings (SSSR count). The van der Waals surface area contributed by atoms with Crippen molar-refractivity contribution in [2.24, 2.45) is 0 Å². The van der Waals surface area contributed by atoms with E-state index in [-0.39, 0.29) is 0 Å². The summed E-state index contributed by atoms with van der Waals surface area (Å²) in [5.74, 6) is 1.74. The van der Waals surface area contributed by atoms with Crippen LogP contribution in [0.5, 0.6) is 0 Å². The van der Waals surface area contributed by atoms with Gasteiger partial charge in [-0.15, -0.1) is 0 Å². The Morgan fingerprint density at radius 3 is 1.55 bits per heavy atom. The van der Waals surface area contributed by atoms with Crippen LogP contribution in [0.15, 0.2) is 239 Å². The van der Waals surface area contributed by atoms with Gasteiger partial charge in [0.2, 0.25) is 0 Å². The minimum atomic E-state index is 0.554. The SMILES string of the molecule is c1ccc(-c2ccc(-c3nc(-c4ccccc4)nc(-c4cc(-c5ccc6oc7cc(-n8c9ccccc9c9cc(-c%10ccccc%10)ccc98)ccc7c6c5)c5c(c4)oc4ccccc45)n3)cc2)cc1. The molecular weight excluding hydrogens is 845 g/mol. The van der Waals surface area contributed by atoms with Crippen molar-refractivity contribution in [2.75, 3.05) is 0 Å². The fourth-order valence-electron chi connectivity index (χ4n) is 10.1. The molecule has 0 amide bonds. The van der Waals surface area contributed by atoms with Crippen molar-refractivity contribution >= 4 is 65.7 Å². The number of fused-ring (bicyclic) bond motifs is 9. The van der Waals surface area contributed by atoms with Crippen LogP contribution in [0.2, 0.25) is 0 Å². The van der Waals surface area contributed by atoms with E-state index in [1.807, 2.05) is 48.5 Å². The third-order valence-corrected chi connectivity index (χ3v) is 13.5. The molecule has 4 aromatic heterocycles. The minimum absolute atomic E-state index is 0.554. The van der Waals surface area contributed by atoms with E-state index in [4.69, 9.17) is 23.8 Å². The number of hydrogen-bond acceptors (Lipinski definition) is 5. The molecule has 6 heteroatoms. The summed E-state index contributed by atoms with van der Waals surface area (Å²) in [6.45, 7) is 0. The first kappa shape index (κ1) is 38.8. The lowest BCUT2D eigenvalue weighted by Gasteiger charge is -2.11. The van der Waals surface area contributed by atoms with Gasteiger partial charge in [0.25, 0.3) is 0 Å². The summed E-state index contributed by atoms with van der Waals surface area (Å²) in [4.78, 5) is 15.4. The maximum Gasteiger partial charge on any atom is 0.164 e. The third kappa shape index (κ3) is 6.53. The molecule has 0 unspecified atom stereocenters. The highest BCUT2D eigenvalue weighted by molar-refractivity contribution is 6.16. The number of benzene rings is 10. The molecule has 0 aliphatic heterocycles. The quantitative estimate of drug-likeness (QED) is 0.159. The predicted molar refractivity (Wildman–Crippen MR) is 281 cm³/mol. The summed E-state index contributed by atoms with van der Waals surface area (Å²) in [6.07, 6.45) is 0. The molecule has 0 saturated carbocycles. The molecule has 6 nitrogen and oxygen atoms in total. The molecule has 322 valence electrons. The van der Waals surface area contributed by atoms with Crippen molar-refractivity contribution in [1.29, 1.82) is 0 Å². The van der Waals surface area contributed by atoms with Gasteiger partial charge in [-0.2, -0.15) is 0 Å². The Bertz CT molecular complexity index is 4290. The molecule has 0 fully saturated rings. The molecule has 0 spiro atoms. The highest BCUT2D eigenvalue weighted by atomic mass is 16.3. The Hall–Kier alpha value is -9.39. The maximum absolute atomic E-state index is 6.70. The van der Waals surface area contributed by atoms with E-state index in [1.54, 1.807) is 0 Å². The Morgan fingerprint density at radius 1 is 0.275 bits per heavy atom. The number of aromatic nitrogens is 4. The number of rotatable bonds is 7. The van der Waals surface area contributed by atoms with Crippen LogP contribution >= 0.6 is 0 Å². The van der Waals surface area contributed by atoms with Crippen molar-refractivity contribution in [3.05, 3.63) is 231 Å². The Kier molecular flexibility index (Phi) is 8.79. The van der Waals surface area contributed by atoms with Gasteiger partial charge in [0.1, 0.15) is 22.3 Å². The first-order chi connectivity index (χ1) is 34.2. The van der Waals surface area contributed by atoms with Gasteiger partial charge in [-0.1, -0.05) is 164 Å². The maximum atomic E-state index is 6.70. The van der Waals surface area contributed by atoms with Gasteiger partial charge in [0.05, 0.1) is 11.0 Å². The molecule has 0 aliphatic rings. The summed E-state index contributed by atoms with van der Waals surface area (Å²) >= 11 is 0. The van der Waals surface area contributed by atoms with Crippen LogP contribution in [0.4, 0.5) is 0 Å². The lowest BCUT2D eigenvalue weighted by atomic mass is 9.95. The number of nitrogens with zero attached hydrogens (tertiary/aromatic N) is 4. The smallest absolute Gasteiger partial charge is 0.164 e. The molecular formula is C63H38N4O2. The zero-order chi connectivity index (χ0) is 45.4. The van der Waals surface area contributed by atoms with Crippen LogP contribution in [0.1, 0.15) is 0 Å². The fourth-order valence-corrected chi connectivity index (χ4v) is 10.1. The van der Waals surface area contributed by atoms with E-state index in [1.165, 1.54) is 21.9 Å². The van der Waals surface area contributed by atoms with E-state index in [2.05, 4.69) is 187 Å². The van der Waals surface area contributed by atoms with E-state index in [0.717, 1.165) is 99.5 Å². The van der Waals surface area contributed by atoms with Crippen LogP contribution in [0.25, 0.3) is 139 Å². The first-order valence-electron chi connectivity index (χ1n) is 23.2. The zero-order valence-electron chi connectivity index (χ0n) is 37.0. The van der Waals surface area contributed by atoms with E-state index < -0.39 is 0 Å². The monoisotopic (exact) mass is 882 g/mol. The molecule has 4 heterocycles. The zero-order valence-corrected chi connectivity index (χ0v) is 37.0. The summed E-state index contributed by atoms with van der Waals surface area (Å²) in [7, 11) is 0. The molecule has 14 aromatic rings. The van der Waals surface area contributed by atoms with Crippen molar-refractivity contribution in [1.82, 2.24) is 19.5 Å². The third-order valence-electron chi connectivity index (χ3n) is 13.5. The number of furan rings is 2. The Balaban J connectivity index is 0.912. The second-order valence-electron chi connectivity index (χ2n) is 17.6. The van der Waals surface area contributed by atoms with Gasteiger partial charge in [0.15, 0.2) is 17.5 Å². The highest BCUT2D eigenvalue weighted by Crippen LogP contribution is 2.43. The van der Waals surface area contributed by atoms with Crippen molar-refractivity contribution in [2.45, 2.75) is 0 Å². The van der Waals surface area contributed by atoms with Crippen molar-refractivity contribution in [3.8, 4) is 73.2 Å². The summed E-state index contributed by atoms with van der Waals surface area (Å²) in [6, 6.07) is 80.4. The second-order valence-corrected chi connectivity index (χ2v) is 17.6. The molecule has 0 aliphatic carbocycles. The number of hydrogen-bond donors (Lipinski definition) is 0. The largest absolute Gasteiger partial charge is 0.456 e. The van der Waals surface area contributed by atoms with E-state index >= 15 is 0 Å². The first-order valence-corrected chi connectivity index (χ1v) is 23.2. The molecule has 69 heavy (non-hydrogen) atoms. The van der Waals surface area contributed by atoms with E-state index in [0.29, 0.717) is 17.5 Å². The Labute approximate surface area is 396 Å². The van der Waals surface area contributed by atoms with Gasteiger partial charge in [0, 0.05) is 60.8 Å². The summed E-state index contributed by atoms with van der Waals surface area (Å²) in [5.41, 5.74) is 15.9. The van der Waals surface area contributed by atoms with E-state index in [9.17, 15) is 0 Å².